The van der Waals surface area contributed by atoms with Gasteiger partial charge in [-0.3, -0.25) is 0 Å². The van der Waals surface area contributed by atoms with Crippen molar-refractivity contribution in [2.24, 2.45) is 0 Å². The molecule has 1 aliphatic carbocycles. The van der Waals surface area contributed by atoms with Gasteiger partial charge in [-0.25, -0.2) is 9.97 Å². The standard InChI is InChI=1S/C43H29N3O/c1-43(2)33-20-9-6-18-31(33)40-38(43)39(26-13-4-3-5-14-26)44-42(45-40)27-15-12-16-28(25-27)46-34-21-10-7-17-29(34)30-23-24-36-37(41(30)46)32-19-8-11-22-35(32)47-36/h3-25H,1-2H3. The van der Waals surface area contributed by atoms with Gasteiger partial charge in [0.05, 0.1) is 27.8 Å². The van der Waals surface area contributed by atoms with Gasteiger partial charge in [0.25, 0.3) is 0 Å². The van der Waals surface area contributed by atoms with Gasteiger partial charge in [-0.15, -0.1) is 0 Å². The molecule has 1 aliphatic rings. The van der Waals surface area contributed by atoms with Crippen LogP contribution in [0.4, 0.5) is 0 Å². The van der Waals surface area contributed by atoms with E-state index in [9.17, 15) is 0 Å². The number of para-hydroxylation sites is 2. The molecule has 0 radical (unpaired) electrons. The molecule has 0 fully saturated rings. The van der Waals surface area contributed by atoms with Crippen molar-refractivity contribution in [3.8, 4) is 39.6 Å². The normalized spacial score (nSPS) is 13.5. The van der Waals surface area contributed by atoms with Gasteiger partial charge in [-0.1, -0.05) is 117 Å². The lowest BCUT2D eigenvalue weighted by Gasteiger charge is -2.23. The highest BCUT2D eigenvalue weighted by Gasteiger charge is 2.40. The van der Waals surface area contributed by atoms with E-state index in [2.05, 4.69) is 146 Å². The van der Waals surface area contributed by atoms with E-state index < -0.39 is 0 Å². The summed E-state index contributed by atoms with van der Waals surface area (Å²) < 4.78 is 8.73. The summed E-state index contributed by atoms with van der Waals surface area (Å²) in [5, 5.41) is 4.64. The van der Waals surface area contributed by atoms with Crippen molar-refractivity contribution >= 4 is 43.7 Å². The maximum Gasteiger partial charge on any atom is 0.160 e. The molecule has 0 bridgehead atoms. The Morgan fingerprint density at radius 2 is 1.30 bits per heavy atom. The van der Waals surface area contributed by atoms with Gasteiger partial charge >= 0.3 is 0 Å². The van der Waals surface area contributed by atoms with Crippen molar-refractivity contribution in [1.29, 1.82) is 0 Å². The number of aromatic nitrogens is 3. The molecule has 0 unspecified atom stereocenters. The Morgan fingerprint density at radius 1 is 0.574 bits per heavy atom. The second kappa shape index (κ2) is 9.51. The van der Waals surface area contributed by atoms with Crippen LogP contribution in [0.2, 0.25) is 0 Å². The first kappa shape index (κ1) is 26.2. The molecule has 0 amide bonds. The van der Waals surface area contributed by atoms with Gasteiger partial charge in [0.1, 0.15) is 11.2 Å². The smallest absolute Gasteiger partial charge is 0.160 e. The van der Waals surface area contributed by atoms with E-state index in [-0.39, 0.29) is 5.41 Å². The monoisotopic (exact) mass is 603 g/mol. The van der Waals surface area contributed by atoms with Gasteiger partial charge < -0.3 is 8.98 Å². The molecule has 0 aliphatic heterocycles. The lowest BCUT2D eigenvalue weighted by atomic mass is 9.81. The molecule has 47 heavy (non-hydrogen) atoms. The van der Waals surface area contributed by atoms with Crippen LogP contribution >= 0.6 is 0 Å². The van der Waals surface area contributed by atoms with Crippen molar-refractivity contribution in [3.05, 3.63) is 151 Å². The van der Waals surface area contributed by atoms with E-state index in [0.29, 0.717) is 0 Å². The lowest BCUT2D eigenvalue weighted by molar-refractivity contribution is 0.658. The number of hydrogen-bond acceptors (Lipinski definition) is 3. The zero-order valence-electron chi connectivity index (χ0n) is 26.0. The van der Waals surface area contributed by atoms with Crippen LogP contribution in [0.15, 0.2) is 144 Å². The van der Waals surface area contributed by atoms with E-state index in [1.54, 1.807) is 0 Å². The van der Waals surface area contributed by atoms with E-state index >= 15 is 0 Å². The zero-order chi connectivity index (χ0) is 31.3. The highest BCUT2D eigenvalue weighted by molar-refractivity contribution is 6.24. The van der Waals surface area contributed by atoms with Gasteiger partial charge in [0, 0.05) is 49.5 Å². The average molecular weight is 604 g/mol. The molecular weight excluding hydrogens is 574 g/mol. The van der Waals surface area contributed by atoms with Crippen LogP contribution in [-0.4, -0.2) is 14.5 Å². The maximum atomic E-state index is 6.35. The Bertz CT molecular complexity index is 2710. The fourth-order valence-electron chi connectivity index (χ4n) is 7.87. The van der Waals surface area contributed by atoms with Crippen molar-refractivity contribution in [2.75, 3.05) is 0 Å². The first-order chi connectivity index (χ1) is 23.1. The summed E-state index contributed by atoms with van der Waals surface area (Å²) in [4.78, 5) is 10.7. The molecular formula is C43H29N3O. The summed E-state index contributed by atoms with van der Waals surface area (Å²) in [5.74, 6) is 0.719. The summed E-state index contributed by atoms with van der Waals surface area (Å²) in [5.41, 5.74) is 12.6. The Balaban J connectivity index is 1.26. The van der Waals surface area contributed by atoms with Crippen LogP contribution in [0.3, 0.4) is 0 Å². The topological polar surface area (TPSA) is 43.9 Å². The Kier molecular flexibility index (Phi) is 5.31. The average Bonchev–Trinajstić information content (AvgIpc) is 3.74. The third-order valence-electron chi connectivity index (χ3n) is 9.97. The van der Waals surface area contributed by atoms with E-state index in [4.69, 9.17) is 14.4 Å². The Morgan fingerprint density at radius 3 is 2.19 bits per heavy atom. The number of benzene rings is 6. The fraction of sp³-hybridized carbons (Fsp3) is 0.0698. The molecule has 10 rings (SSSR count). The van der Waals surface area contributed by atoms with E-state index in [1.807, 2.05) is 12.1 Å². The third-order valence-corrected chi connectivity index (χ3v) is 9.97. The molecule has 3 aromatic heterocycles. The van der Waals surface area contributed by atoms with Crippen LogP contribution in [0.5, 0.6) is 0 Å². The molecule has 0 saturated heterocycles. The van der Waals surface area contributed by atoms with Crippen molar-refractivity contribution in [2.45, 2.75) is 19.3 Å². The molecule has 9 aromatic rings. The van der Waals surface area contributed by atoms with Crippen LogP contribution in [0.25, 0.3) is 83.3 Å². The van der Waals surface area contributed by atoms with Gasteiger partial charge in [0.2, 0.25) is 0 Å². The first-order valence-corrected chi connectivity index (χ1v) is 16.1. The third kappa shape index (κ3) is 3.64. The molecule has 222 valence electrons. The number of rotatable bonds is 3. The summed E-state index contributed by atoms with van der Waals surface area (Å²) in [6, 6.07) is 49.1. The van der Waals surface area contributed by atoms with Crippen LogP contribution < -0.4 is 0 Å². The first-order valence-electron chi connectivity index (χ1n) is 16.1. The predicted octanol–water partition coefficient (Wildman–Crippen LogP) is 11.1. The highest BCUT2D eigenvalue weighted by Crippen LogP contribution is 2.51. The Hall–Kier alpha value is -6.00. The minimum absolute atomic E-state index is 0.223. The largest absolute Gasteiger partial charge is 0.456 e. The Labute approximate surface area is 271 Å². The van der Waals surface area contributed by atoms with Gasteiger partial charge in [-0.2, -0.15) is 0 Å². The number of fused-ring (bicyclic) bond motifs is 10. The number of furan rings is 1. The van der Waals surface area contributed by atoms with Crippen molar-refractivity contribution in [1.82, 2.24) is 14.5 Å². The summed E-state index contributed by atoms with van der Waals surface area (Å²) in [7, 11) is 0. The van der Waals surface area contributed by atoms with E-state index in [0.717, 1.165) is 67.0 Å². The molecule has 0 saturated carbocycles. The van der Waals surface area contributed by atoms with E-state index in [1.165, 1.54) is 27.5 Å². The van der Waals surface area contributed by atoms with Crippen molar-refractivity contribution < 1.29 is 4.42 Å². The molecule has 4 heteroatoms. The fourth-order valence-corrected chi connectivity index (χ4v) is 7.87. The molecule has 3 heterocycles. The highest BCUT2D eigenvalue weighted by atomic mass is 16.3. The van der Waals surface area contributed by atoms with Crippen LogP contribution in [0, 0.1) is 0 Å². The zero-order valence-corrected chi connectivity index (χ0v) is 26.0. The minimum atomic E-state index is -0.223. The van der Waals surface area contributed by atoms with Crippen molar-refractivity contribution in [3.63, 3.8) is 0 Å². The van der Waals surface area contributed by atoms with Gasteiger partial charge in [0.15, 0.2) is 5.82 Å². The van der Waals surface area contributed by atoms with Crippen LogP contribution in [0.1, 0.15) is 25.0 Å². The summed E-state index contributed by atoms with van der Waals surface area (Å²) in [6.07, 6.45) is 0. The van der Waals surface area contributed by atoms with Crippen LogP contribution in [-0.2, 0) is 5.41 Å². The number of nitrogens with zero attached hydrogens (tertiary/aromatic N) is 3. The summed E-state index contributed by atoms with van der Waals surface area (Å²) in [6.45, 7) is 4.58. The second-order valence-corrected chi connectivity index (χ2v) is 13.0. The maximum absolute atomic E-state index is 6.35. The minimum Gasteiger partial charge on any atom is -0.456 e. The van der Waals surface area contributed by atoms with Gasteiger partial charge in [-0.05, 0) is 42.0 Å². The molecule has 0 N–H and O–H groups in total. The SMILES string of the molecule is CC1(C)c2ccccc2-c2nc(-c3cccc(-n4c5ccccc5c5ccc6oc7ccccc7c6c54)c3)nc(-c3ccccc3)c21. The summed E-state index contributed by atoms with van der Waals surface area (Å²) >= 11 is 0. The lowest BCUT2D eigenvalue weighted by Crippen LogP contribution is -2.17. The molecule has 0 atom stereocenters. The molecule has 6 aromatic carbocycles. The predicted molar refractivity (Wildman–Crippen MR) is 192 cm³/mol. The molecule has 0 spiro atoms. The molecule has 4 nitrogen and oxygen atoms in total. The quantitative estimate of drug-likeness (QED) is 0.202. The number of hydrogen-bond donors (Lipinski definition) is 0. The second-order valence-electron chi connectivity index (χ2n) is 13.0.